The number of hydrogen-bond acceptors (Lipinski definition) is 4. The largest absolute Gasteiger partial charge is 0.383 e. The molecule has 2 aliphatic rings. The van der Waals surface area contributed by atoms with Gasteiger partial charge >= 0.3 is 0 Å². The number of rotatable bonds is 5. The Bertz CT molecular complexity index is 551. The molecule has 5 heteroatoms. The van der Waals surface area contributed by atoms with Crippen LogP contribution in [0, 0.1) is 5.41 Å². The van der Waals surface area contributed by atoms with Crippen molar-refractivity contribution >= 4 is 5.91 Å². The van der Waals surface area contributed by atoms with Crippen LogP contribution in [0.5, 0.6) is 0 Å². The van der Waals surface area contributed by atoms with Crippen molar-refractivity contribution in [2.45, 2.75) is 19.4 Å². The second-order valence-electron chi connectivity index (χ2n) is 7.09. The highest BCUT2D eigenvalue weighted by Gasteiger charge is 2.45. The first-order valence-corrected chi connectivity index (χ1v) is 8.77. The van der Waals surface area contributed by atoms with Gasteiger partial charge in [-0.2, -0.15) is 0 Å². The molecule has 0 aliphatic carbocycles. The maximum atomic E-state index is 12.4. The van der Waals surface area contributed by atoms with Gasteiger partial charge in [0.1, 0.15) is 0 Å². The molecule has 1 amide bonds. The van der Waals surface area contributed by atoms with E-state index in [1.165, 1.54) is 5.56 Å². The molecule has 132 valence electrons. The molecule has 0 aromatic heterocycles. The van der Waals surface area contributed by atoms with Crippen LogP contribution in [0.2, 0.25) is 0 Å². The number of benzene rings is 1. The van der Waals surface area contributed by atoms with Crippen molar-refractivity contribution in [1.29, 1.82) is 0 Å². The normalized spacial score (nSPS) is 26.8. The predicted molar refractivity (Wildman–Crippen MR) is 92.8 cm³/mol. The molecule has 1 aromatic rings. The number of ether oxygens (including phenoxy) is 2. The Hall–Kier alpha value is -1.43. The van der Waals surface area contributed by atoms with Gasteiger partial charge in [0.15, 0.2) is 0 Å². The van der Waals surface area contributed by atoms with E-state index in [9.17, 15) is 4.79 Å². The van der Waals surface area contributed by atoms with E-state index in [4.69, 9.17) is 9.47 Å². The van der Waals surface area contributed by atoms with Gasteiger partial charge < -0.3 is 14.4 Å². The van der Waals surface area contributed by atoms with Gasteiger partial charge in [-0.3, -0.25) is 9.69 Å². The number of hydrogen-bond donors (Lipinski definition) is 0. The van der Waals surface area contributed by atoms with Crippen molar-refractivity contribution in [3.05, 3.63) is 35.9 Å². The molecule has 0 radical (unpaired) electrons. The summed E-state index contributed by atoms with van der Waals surface area (Å²) in [7, 11) is 1.67. The summed E-state index contributed by atoms with van der Waals surface area (Å²) in [6.45, 7) is 7.48. The summed E-state index contributed by atoms with van der Waals surface area (Å²) < 4.78 is 11.0. The minimum atomic E-state index is -0.0929. The Balaban J connectivity index is 1.72. The number of likely N-dealkylation sites (tertiary alicyclic amines) is 1. The third kappa shape index (κ3) is 3.79. The third-order valence-electron chi connectivity index (χ3n) is 5.27. The highest BCUT2D eigenvalue weighted by atomic mass is 16.5. The zero-order valence-electron chi connectivity index (χ0n) is 14.7. The van der Waals surface area contributed by atoms with E-state index in [0.29, 0.717) is 32.2 Å². The molecule has 2 aliphatic heterocycles. The lowest BCUT2D eigenvalue weighted by molar-refractivity contribution is -0.128. The molecule has 2 unspecified atom stereocenters. The maximum Gasteiger partial charge on any atom is 0.223 e. The number of amides is 1. The standard InChI is InChI=1S/C19H28N2O3/c1-16(17-6-4-3-5-7-17)20-9-11-24-15-19(13-20)12-18(22)21(14-19)8-10-23-2/h3-7,16H,8-15H2,1-2H3. The lowest BCUT2D eigenvalue weighted by atomic mass is 9.86. The van der Waals surface area contributed by atoms with Gasteiger partial charge in [0, 0.05) is 51.2 Å². The molecule has 2 atom stereocenters. The van der Waals surface area contributed by atoms with Crippen LogP contribution in [-0.4, -0.2) is 68.8 Å². The molecule has 3 rings (SSSR count). The Morgan fingerprint density at radius 2 is 2.08 bits per heavy atom. The van der Waals surface area contributed by atoms with Gasteiger partial charge in [-0.25, -0.2) is 0 Å². The van der Waals surface area contributed by atoms with E-state index in [1.54, 1.807) is 7.11 Å². The molecule has 5 nitrogen and oxygen atoms in total. The molecule has 2 heterocycles. The monoisotopic (exact) mass is 332 g/mol. The molecule has 0 saturated carbocycles. The summed E-state index contributed by atoms with van der Waals surface area (Å²) >= 11 is 0. The highest BCUT2D eigenvalue weighted by molar-refractivity contribution is 5.79. The van der Waals surface area contributed by atoms with Crippen LogP contribution in [0.4, 0.5) is 0 Å². The zero-order chi connectivity index (χ0) is 17.0. The summed E-state index contributed by atoms with van der Waals surface area (Å²) in [6, 6.07) is 10.9. The number of carbonyl (C=O) groups is 1. The Morgan fingerprint density at radius 1 is 1.29 bits per heavy atom. The lowest BCUT2D eigenvalue weighted by Gasteiger charge is -2.35. The van der Waals surface area contributed by atoms with Gasteiger partial charge in [0.25, 0.3) is 0 Å². The second-order valence-corrected chi connectivity index (χ2v) is 7.09. The molecule has 2 fully saturated rings. The van der Waals surface area contributed by atoms with Crippen molar-refractivity contribution in [3.63, 3.8) is 0 Å². The summed E-state index contributed by atoms with van der Waals surface area (Å²) in [5.74, 6) is 0.227. The van der Waals surface area contributed by atoms with Crippen LogP contribution >= 0.6 is 0 Å². The molecule has 1 spiro atoms. The van der Waals surface area contributed by atoms with E-state index < -0.39 is 0 Å². The van der Waals surface area contributed by atoms with E-state index in [0.717, 1.165) is 26.2 Å². The van der Waals surface area contributed by atoms with Crippen LogP contribution in [0.25, 0.3) is 0 Å². The van der Waals surface area contributed by atoms with E-state index >= 15 is 0 Å². The van der Waals surface area contributed by atoms with Gasteiger partial charge in [-0.1, -0.05) is 30.3 Å². The molecular formula is C19H28N2O3. The molecular weight excluding hydrogens is 304 g/mol. The fraction of sp³-hybridized carbons (Fsp3) is 0.632. The van der Waals surface area contributed by atoms with Crippen LogP contribution < -0.4 is 0 Å². The Morgan fingerprint density at radius 3 is 2.83 bits per heavy atom. The first-order valence-electron chi connectivity index (χ1n) is 8.77. The number of methoxy groups -OCH3 is 1. The first-order chi connectivity index (χ1) is 11.6. The topological polar surface area (TPSA) is 42.0 Å². The fourth-order valence-electron chi connectivity index (χ4n) is 3.89. The van der Waals surface area contributed by atoms with Crippen molar-refractivity contribution in [3.8, 4) is 0 Å². The summed E-state index contributed by atoms with van der Waals surface area (Å²) in [5, 5.41) is 0. The minimum Gasteiger partial charge on any atom is -0.383 e. The SMILES string of the molecule is COCCN1CC2(COCCN(C(C)c3ccccc3)C2)CC1=O. The van der Waals surface area contributed by atoms with Crippen LogP contribution in [-0.2, 0) is 14.3 Å². The lowest BCUT2D eigenvalue weighted by Crippen LogP contribution is -2.42. The van der Waals surface area contributed by atoms with Crippen molar-refractivity contribution < 1.29 is 14.3 Å². The van der Waals surface area contributed by atoms with Crippen LogP contribution in [0.3, 0.4) is 0 Å². The molecule has 1 aromatic carbocycles. The summed E-state index contributed by atoms with van der Waals surface area (Å²) in [5.41, 5.74) is 1.22. The second kappa shape index (κ2) is 7.64. The molecule has 0 bridgehead atoms. The van der Waals surface area contributed by atoms with Gasteiger partial charge in [-0.05, 0) is 12.5 Å². The summed E-state index contributed by atoms with van der Waals surface area (Å²) in [4.78, 5) is 16.8. The van der Waals surface area contributed by atoms with Crippen LogP contribution in [0.15, 0.2) is 30.3 Å². The van der Waals surface area contributed by atoms with Crippen molar-refractivity contribution in [2.24, 2.45) is 5.41 Å². The van der Waals surface area contributed by atoms with Gasteiger partial charge in [0.05, 0.1) is 19.8 Å². The van der Waals surface area contributed by atoms with E-state index in [-0.39, 0.29) is 11.3 Å². The molecule has 0 N–H and O–H groups in total. The molecule has 24 heavy (non-hydrogen) atoms. The van der Waals surface area contributed by atoms with E-state index in [2.05, 4.69) is 36.1 Å². The van der Waals surface area contributed by atoms with Crippen molar-refractivity contribution in [1.82, 2.24) is 9.80 Å². The Labute approximate surface area is 144 Å². The average molecular weight is 332 g/mol. The number of carbonyl (C=O) groups excluding carboxylic acids is 1. The molecule has 2 saturated heterocycles. The fourth-order valence-corrected chi connectivity index (χ4v) is 3.89. The van der Waals surface area contributed by atoms with Crippen LogP contribution in [0.1, 0.15) is 24.9 Å². The first kappa shape index (κ1) is 17.4. The van der Waals surface area contributed by atoms with Crippen molar-refractivity contribution in [2.75, 3.05) is 53.1 Å². The highest BCUT2D eigenvalue weighted by Crippen LogP contribution is 2.36. The van der Waals surface area contributed by atoms with Gasteiger partial charge in [0.2, 0.25) is 5.91 Å². The summed E-state index contributed by atoms with van der Waals surface area (Å²) in [6.07, 6.45) is 0.578. The smallest absolute Gasteiger partial charge is 0.223 e. The van der Waals surface area contributed by atoms with E-state index in [1.807, 2.05) is 11.0 Å². The average Bonchev–Trinajstić information content (AvgIpc) is 2.77. The zero-order valence-corrected chi connectivity index (χ0v) is 14.7. The minimum absolute atomic E-state index is 0.0929. The number of nitrogens with zero attached hydrogens (tertiary/aromatic N) is 2. The quantitative estimate of drug-likeness (QED) is 0.826. The maximum absolute atomic E-state index is 12.4. The Kier molecular flexibility index (Phi) is 5.54. The third-order valence-corrected chi connectivity index (χ3v) is 5.27. The predicted octanol–water partition coefficient (Wildman–Crippen LogP) is 1.94. The van der Waals surface area contributed by atoms with Gasteiger partial charge in [-0.15, -0.1) is 0 Å².